The minimum Gasteiger partial charge on any atom is -0.477 e. The number of carbonyl (C=O) groups excluding carboxylic acids is 3. The van der Waals surface area contributed by atoms with E-state index in [1.807, 2.05) is 12.1 Å². The second-order valence-corrected chi connectivity index (χ2v) is 11.3. The molecule has 18 heteroatoms. The van der Waals surface area contributed by atoms with Crippen LogP contribution < -0.4 is 15.6 Å². The fraction of sp³-hybridized carbons (Fsp3) is 0.269. The second kappa shape index (κ2) is 13.0. The molecule has 0 radical (unpaired) electrons. The van der Waals surface area contributed by atoms with E-state index in [0.29, 0.717) is 17.0 Å². The molecule has 1 fully saturated rings. The third-order valence-electron chi connectivity index (χ3n) is 6.55. The van der Waals surface area contributed by atoms with Gasteiger partial charge < -0.3 is 26.0 Å². The molecule has 6 N–H and O–H groups in total. The topological polar surface area (TPSA) is 233 Å². The summed E-state index contributed by atoms with van der Waals surface area (Å²) in [5.74, 6) is -2.78. The van der Waals surface area contributed by atoms with Gasteiger partial charge >= 0.3 is 5.97 Å². The number of H-pyrrole nitrogens is 1. The maximum Gasteiger partial charge on any atom is 0.352 e. The van der Waals surface area contributed by atoms with Crippen LogP contribution in [0.4, 0.5) is 5.13 Å². The molecule has 44 heavy (non-hydrogen) atoms. The lowest BCUT2D eigenvalue weighted by molar-refractivity contribution is -0.689. The Morgan fingerprint density at radius 3 is 2.77 bits per heavy atom. The van der Waals surface area contributed by atoms with Gasteiger partial charge in [0.2, 0.25) is 11.5 Å². The Morgan fingerprint density at radius 1 is 1.34 bits per heavy atom. The standard InChI is InChI=1S/C26H24N10O6S2/c1-2-42-33-18(21-32-26(28)44-34-21)22(38)31-19-23(39)36-20(25(40)41)15(11-43-24(19)36)10-35-5-3-13(4-6-35)14-7-16(29-9-14)8-17(37)30-12-27/h3-7,9,19,24,27H,2,8,10-11H2,1H3,(H4,28,31,32,34,38,40,41)/p+1/b33-18+. The van der Waals surface area contributed by atoms with Crippen molar-refractivity contribution in [2.24, 2.45) is 10.1 Å². The van der Waals surface area contributed by atoms with Gasteiger partial charge in [0.05, 0.1) is 12.4 Å². The Hall–Kier alpha value is -5.19. The Bertz CT molecular complexity index is 1740. The van der Waals surface area contributed by atoms with Gasteiger partial charge in [0.25, 0.3) is 17.7 Å². The quantitative estimate of drug-likeness (QED) is 0.0840. The van der Waals surface area contributed by atoms with E-state index in [1.54, 1.807) is 42.2 Å². The molecule has 2 unspecified atom stereocenters. The van der Waals surface area contributed by atoms with Crippen molar-refractivity contribution < 1.29 is 33.7 Å². The number of nitrogens with two attached hydrogens (primary N) is 1. The van der Waals surface area contributed by atoms with Gasteiger partial charge in [-0.3, -0.25) is 19.3 Å². The minimum absolute atomic E-state index is 0.0173. The summed E-state index contributed by atoms with van der Waals surface area (Å²) in [5.41, 5.74) is 8.13. The number of amides is 3. The van der Waals surface area contributed by atoms with Gasteiger partial charge in [-0.25, -0.2) is 14.8 Å². The number of hydrogen-bond donors (Lipinski definition) is 5. The van der Waals surface area contributed by atoms with Crippen molar-refractivity contribution in [2.75, 3.05) is 18.1 Å². The molecule has 0 spiro atoms. The smallest absolute Gasteiger partial charge is 0.352 e. The summed E-state index contributed by atoms with van der Waals surface area (Å²) in [7, 11) is 0. The van der Waals surface area contributed by atoms with Gasteiger partial charge in [0, 0.05) is 46.9 Å². The number of carboxylic acids is 1. The van der Waals surface area contributed by atoms with Crippen LogP contribution in [0.3, 0.4) is 0 Å². The van der Waals surface area contributed by atoms with E-state index in [1.165, 1.54) is 16.7 Å². The van der Waals surface area contributed by atoms with Crippen LogP contribution in [0.15, 0.2) is 58.2 Å². The van der Waals surface area contributed by atoms with Gasteiger partial charge in [-0.05, 0) is 24.1 Å². The van der Waals surface area contributed by atoms with Crippen molar-refractivity contribution in [1.82, 2.24) is 24.6 Å². The maximum atomic E-state index is 13.2. The van der Waals surface area contributed by atoms with E-state index in [4.69, 9.17) is 16.0 Å². The lowest BCUT2D eigenvalue weighted by Gasteiger charge is -2.49. The Morgan fingerprint density at radius 2 is 2.11 bits per heavy atom. The fourth-order valence-electron chi connectivity index (χ4n) is 4.61. The van der Waals surface area contributed by atoms with Crippen LogP contribution in [0.5, 0.6) is 0 Å². The number of aromatic nitrogens is 4. The first kappa shape index (κ1) is 30.3. The van der Waals surface area contributed by atoms with Crippen LogP contribution in [0.2, 0.25) is 0 Å². The van der Waals surface area contributed by atoms with E-state index in [0.717, 1.165) is 22.7 Å². The molecule has 1 saturated heterocycles. The number of pyridine rings is 1. The lowest BCUT2D eigenvalue weighted by Crippen LogP contribution is -2.71. The van der Waals surface area contributed by atoms with E-state index in [9.17, 15) is 24.3 Å². The third kappa shape index (κ3) is 6.26. The molecule has 226 valence electrons. The number of rotatable bonds is 11. The van der Waals surface area contributed by atoms with Crippen molar-refractivity contribution in [3.63, 3.8) is 0 Å². The second-order valence-electron chi connectivity index (χ2n) is 9.40. The van der Waals surface area contributed by atoms with E-state index in [2.05, 4.69) is 29.8 Å². The zero-order valence-corrected chi connectivity index (χ0v) is 24.6. The van der Waals surface area contributed by atoms with Crippen molar-refractivity contribution in [3.05, 3.63) is 59.6 Å². The average molecular weight is 638 g/mol. The molecule has 0 aromatic carbocycles. The molecule has 2 aliphatic heterocycles. The Labute approximate surface area is 257 Å². The molecule has 3 aromatic heterocycles. The van der Waals surface area contributed by atoms with Crippen LogP contribution in [-0.2, 0) is 37.0 Å². The summed E-state index contributed by atoms with van der Waals surface area (Å²) in [5, 5.41) is 22.7. The van der Waals surface area contributed by atoms with Crippen LogP contribution >= 0.6 is 23.3 Å². The number of β-lactam (4-membered cyclic amide) rings is 1. The highest BCUT2D eigenvalue weighted by Gasteiger charge is 2.55. The summed E-state index contributed by atoms with van der Waals surface area (Å²) in [6.45, 7) is 2.08. The highest BCUT2D eigenvalue weighted by Crippen LogP contribution is 2.40. The predicted octanol–water partition coefficient (Wildman–Crippen LogP) is 0.404. The van der Waals surface area contributed by atoms with Crippen LogP contribution in [0.25, 0.3) is 11.1 Å². The van der Waals surface area contributed by atoms with Gasteiger partial charge in [-0.2, -0.15) is 9.36 Å². The molecule has 5 rings (SSSR count). The molecule has 5 heterocycles. The molecular formula is C26H25N10O6S2+. The van der Waals surface area contributed by atoms with Crippen molar-refractivity contribution >= 4 is 63.8 Å². The van der Waals surface area contributed by atoms with Crippen LogP contribution in [0.1, 0.15) is 18.4 Å². The number of anilines is 1. The predicted molar refractivity (Wildman–Crippen MR) is 157 cm³/mol. The van der Waals surface area contributed by atoms with Crippen molar-refractivity contribution in [2.45, 2.75) is 31.3 Å². The van der Waals surface area contributed by atoms with Crippen LogP contribution in [0, 0.1) is 5.41 Å². The highest BCUT2D eigenvalue weighted by molar-refractivity contribution is 8.00. The minimum atomic E-state index is -1.25. The molecule has 3 aromatic rings. The number of nitrogens with zero attached hydrogens (tertiary/aromatic N) is 6. The lowest BCUT2D eigenvalue weighted by atomic mass is 10.0. The Balaban J connectivity index is 1.28. The van der Waals surface area contributed by atoms with Crippen molar-refractivity contribution in [1.29, 1.82) is 5.41 Å². The summed E-state index contributed by atoms with van der Waals surface area (Å²) >= 11 is 2.21. The number of nitrogens with one attached hydrogen (secondary N) is 3. The molecule has 3 amide bonds. The fourth-order valence-corrected chi connectivity index (χ4v) is 6.38. The van der Waals surface area contributed by atoms with E-state index < -0.39 is 35.1 Å². The van der Waals surface area contributed by atoms with E-state index in [-0.39, 0.29) is 41.9 Å². The summed E-state index contributed by atoms with van der Waals surface area (Å²) < 4.78 is 5.78. The van der Waals surface area contributed by atoms with Gasteiger partial charge in [-0.1, -0.05) is 5.16 Å². The van der Waals surface area contributed by atoms with Crippen molar-refractivity contribution in [3.8, 4) is 11.1 Å². The zero-order valence-electron chi connectivity index (χ0n) is 23.0. The number of aliphatic carboxylic acids is 1. The number of carboxylic acid groups (broad SMARTS) is 1. The summed E-state index contributed by atoms with van der Waals surface area (Å²) in [6, 6.07) is 6.23. The summed E-state index contributed by atoms with van der Waals surface area (Å²) in [6.07, 6.45) is 5.34. The van der Waals surface area contributed by atoms with Gasteiger partial charge in [0.15, 0.2) is 24.1 Å². The number of fused-ring (bicyclic) bond motifs is 1. The van der Waals surface area contributed by atoms with Gasteiger partial charge in [0.1, 0.15) is 23.7 Å². The normalized spacial score (nSPS) is 17.8. The number of hydrogen-bond acceptors (Lipinski definition) is 12. The van der Waals surface area contributed by atoms with Gasteiger partial charge in [-0.15, -0.1) is 16.8 Å². The Kier molecular flexibility index (Phi) is 8.94. The number of thioether (sulfide) groups is 1. The number of oxime groups is 1. The zero-order chi connectivity index (χ0) is 31.4. The van der Waals surface area contributed by atoms with Crippen LogP contribution in [-0.4, -0.2) is 83.5 Å². The summed E-state index contributed by atoms with van der Waals surface area (Å²) in [4.78, 5) is 66.6. The number of nitrogen functional groups attached to an aromatic ring is 1. The molecule has 2 atom stereocenters. The molecule has 16 nitrogen and oxygen atoms in total. The molecule has 0 saturated carbocycles. The number of aromatic amines is 1. The largest absolute Gasteiger partial charge is 0.477 e. The first-order valence-corrected chi connectivity index (χ1v) is 14.8. The SMILES string of the molecule is CCO/N=C(/C(=O)NC1C(=O)N2C(C(=O)O)=C(C[n+]3ccc(-c4c[nH]c(CC(=O)N=C=N)c4)cc3)CSC12)c1nsc(N)n1. The third-order valence-corrected chi connectivity index (χ3v) is 8.44. The average Bonchev–Trinajstić information content (AvgIpc) is 3.65. The monoisotopic (exact) mass is 637 g/mol. The highest BCUT2D eigenvalue weighted by atomic mass is 32.2. The first-order valence-electron chi connectivity index (χ1n) is 13.0. The maximum absolute atomic E-state index is 13.2. The van der Waals surface area contributed by atoms with E-state index >= 15 is 0 Å². The molecule has 0 aliphatic carbocycles. The molecule has 2 aliphatic rings. The number of aliphatic imine (C=N–C) groups is 1. The molecule has 0 bridgehead atoms. The number of carbonyl (C=O) groups is 4. The molecular weight excluding hydrogens is 612 g/mol. The first-order chi connectivity index (χ1) is 21.2.